The molecule has 5 rings (SSSR count). The Balaban J connectivity index is 1.23. The van der Waals surface area contributed by atoms with E-state index in [2.05, 4.69) is 15.1 Å². The summed E-state index contributed by atoms with van der Waals surface area (Å²) in [6.07, 6.45) is 3.27. The summed E-state index contributed by atoms with van der Waals surface area (Å²) < 4.78 is 10.3. The van der Waals surface area contributed by atoms with Crippen molar-refractivity contribution in [3.05, 3.63) is 46.6 Å². The zero-order valence-corrected chi connectivity index (χ0v) is 18.9. The van der Waals surface area contributed by atoms with Gasteiger partial charge >= 0.3 is 5.97 Å². The number of benzene rings is 1. The Morgan fingerprint density at radius 2 is 1.97 bits per heavy atom. The third kappa shape index (κ3) is 3.75. The molecule has 4 heterocycles. The van der Waals surface area contributed by atoms with Crippen LogP contribution in [-0.4, -0.2) is 65.4 Å². The molecule has 1 atom stereocenters. The first kappa shape index (κ1) is 21.8. The lowest BCUT2D eigenvalue weighted by atomic mass is 9.77. The molecule has 3 aliphatic heterocycles. The summed E-state index contributed by atoms with van der Waals surface area (Å²) in [4.78, 5) is 29.1. The summed E-state index contributed by atoms with van der Waals surface area (Å²) in [7, 11) is 1.53. The summed E-state index contributed by atoms with van der Waals surface area (Å²) in [5.74, 6) is 0.228. The maximum atomic E-state index is 13.3. The van der Waals surface area contributed by atoms with Gasteiger partial charge in [0.15, 0.2) is 0 Å². The predicted octanol–water partition coefficient (Wildman–Crippen LogP) is 2.02. The van der Waals surface area contributed by atoms with Crippen LogP contribution < -0.4 is 9.64 Å². The van der Waals surface area contributed by atoms with Gasteiger partial charge in [-0.25, -0.2) is 4.79 Å². The first-order valence-electron chi connectivity index (χ1n) is 11.3. The molecule has 33 heavy (non-hydrogen) atoms. The number of rotatable bonds is 5. The number of ether oxygens (including phenoxy) is 2. The highest BCUT2D eigenvalue weighted by atomic mass is 16.5. The van der Waals surface area contributed by atoms with E-state index in [-0.39, 0.29) is 23.9 Å². The first-order valence-corrected chi connectivity index (χ1v) is 11.3. The number of anilines is 1. The average molecular weight is 453 g/mol. The fourth-order valence-electron chi connectivity index (χ4n) is 5.35. The smallest absolute Gasteiger partial charge is 0.338 e. The number of esters is 1. The van der Waals surface area contributed by atoms with Gasteiger partial charge in [-0.15, -0.1) is 5.10 Å². The lowest BCUT2D eigenvalue weighted by Crippen LogP contribution is -2.45. The molecule has 1 aromatic carbocycles. The summed E-state index contributed by atoms with van der Waals surface area (Å²) in [5.41, 5.74) is 3.56. The molecule has 2 fully saturated rings. The van der Waals surface area contributed by atoms with Crippen LogP contribution in [0.15, 0.2) is 24.4 Å². The minimum atomic E-state index is -0.661. The lowest BCUT2D eigenvalue weighted by molar-refractivity contribution is -0.128. The maximum absolute atomic E-state index is 13.3. The van der Waals surface area contributed by atoms with Gasteiger partial charge in [0.05, 0.1) is 36.1 Å². The van der Waals surface area contributed by atoms with Gasteiger partial charge < -0.3 is 24.4 Å². The number of carbonyl (C=O) groups is 2. The van der Waals surface area contributed by atoms with Gasteiger partial charge in [0, 0.05) is 24.7 Å². The number of nitrogens with zero attached hydrogens (tertiary/aromatic N) is 4. The van der Waals surface area contributed by atoms with Gasteiger partial charge in [-0.05, 0) is 56.5 Å². The van der Waals surface area contributed by atoms with Crippen molar-refractivity contribution in [2.24, 2.45) is 5.41 Å². The molecular formula is C24H28N4O5. The molecule has 9 nitrogen and oxygen atoms in total. The number of cyclic esters (lactones) is 1. The van der Waals surface area contributed by atoms with E-state index in [0.717, 1.165) is 54.7 Å². The Morgan fingerprint density at radius 3 is 2.73 bits per heavy atom. The number of amides is 1. The standard InChI is InChI=1S/C24H28N4O5/c1-15-17(3-4-18-19(15)14-33-22(18)30)20(29)13-27-8-5-24(6-9-27)7-10-28(23(24)31)16-11-21(32-2)26-25-12-16/h3-4,11-12,20,29H,5-10,13-14H2,1-2H3/t20-/m0/s1. The number of carbonyl (C=O) groups excluding carboxylic acids is 2. The Kier molecular flexibility index (Phi) is 5.54. The fourth-order valence-corrected chi connectivity index (χ4v) is 5.35. The van der Waals surface area contributed by atoms with Gasteiger partial charge in [0.25, 0.3) is 0 Å². The zero-order valence-electron chi connectivity index (χ0n) is 18.9. The van der Waals surface area contributed by atoms with E-state index in [1.165, 1.54) is 7.11 Å². The van der Waals surface area contributed by atoms with Crippen molar-refractivity contribution < 1.29 is 24.2 Å². The third-order valence-corrected chi connectivity index (χ3v) is 7.46. The molecule has 1 N–H and O–H groups in total. The summed E-state index contributed by atoms with van der Waals surface area (Å²) in [6.45, 7) is 4.85. The molecule has 1 aromatic heterocycles. The van der Waals surface area contributed by atoms with E-state index in [9.17, 15) is 14.7 Å². The number of fused-ring (bicyclic) bond motifs is 1. The summed E-state index contributed by atoms with van der Waals surface area (Å²) in [5, 5.41) is 18.8. The van der Waals surface area contributed by atoms with Crippen LogP contribution in [0, 0.1) is 12.3 Å². The third-order valence-electron chi connectivity index (χ3n) is 7.46. The number of aliphatic hydroxyl groups is 1. The Morgan fingerprint density at radius 1 is 1.21 bits per heavy atom. The SMILES string of the molecule is COc1cc(N2CCC3(CCN(C[C@H](O)c4ccc5c(c4C)COC5=O)CC3)C2=O)cnn1. The molecule has 0 bridgehead atoms. The molecule has 3 aliphatic rings. The Hall–Kier alpha value is -3.04. The molecule has 9 heteroatoms. The van der Waals surface area contributed by atoms with Gasteiger partial charge in [0.2, 0.25) is 11.8 Å². The number of likely N-dealkylation sites (tertiary alicyclic amines) is 1. The van der Waals surface area contributed by atoms with E-state index in [4.69, 9.17) is 9.47 Å². The highest BCUT2D eigenvalue weighted by Crippen LogP contribution is 2.43. The molecule has 174 valence electrons. The molecule has 0 radical (unpaired) electrons. The number of hydrogen-bond acceptors (Lipinski definition) is 8. The molecule has 1 spiro atoms. The van der Waals surface area contributed by atoms with Crippen molar-refractivity contribution >= 4 is 17.6 Å². The fraction of sp³-hybridized carbons (Fsp3) is 0.500. The van der Waals surface area contributed by atoms with Crippen molar-refractivity contribution in [2.45, 2.75) is 38.9 Å². The summed E-state index contributed by atoms with van der Waals surface area (Å²) in [6, 6.07) is 5.31. The van der Waals surface area contributed by atoms with Crippen LogP contribution in [-0.2, 0) is 16.1 Å². The second-order valence-corrected chi connectivity index (χ2v) is 9.14. The van der Waals surface area contributed by atoms with Crippen molar-refractivity contribution in [3.63, 3.8) is 0 Å². The average Bonchev–Trinajstić information content (AvgIpc) is 3.36. The lowest BCUT2D eigenvalue weighted by Gasteiger charge is -2.38. The number of hydrogen-bond donors (Lipinski definition) is 1. The van der Waals surface area contributed by atoms with Crippen LogP contribution in [0.4, 0.5) is 5.69 Å². The first-order chi connectivity index (χ1) is 15.9. The van der Waals surface area contributed by atoms with Gasteiger partial charge in [-0.1, -0.05) is 6.07 Å². The van der Waals surface area contributed by atoms with Crippen molar-refractivity contribution in [1.29, 1.82) is 0 Å². The van der Waals surface area contributed by atoms with Crippen molar-refractivity contribution in [1.82, 2.24) is 15.1 Å². The largest absolute Gasteiger partial charge is 0.480 e. The van der Waals surface area contributed by atoms with Crippen LogP contribution >= 0.6 is 0 Å². The number of methoxy groups -OCH3 is 1. The molecule has 2 saturated heterocycles. The minimum absolute atomic E-state index is 0.136. The number of β-amino-alcohol motifs (C(OH)–C–C–N with tert-alkyl or cyclic N) is 1. The molecule has 0 aliphatic carbocycles. The van der Waals surface area contributed by atoms with Crippen LogP contribution in [0.2, 0.25) is 0 Å². The molecule has 0 unspecified atom stereocenters. The minimum Gasteiger partial charge on any atom is -0.480 e. The molecule has 2 aromatic rings. The number of piperidine rings is 1. The second kappa shape index (κ2) is 8.39. The molecule has 0 saturated carbocycles. The topological polar surface area (TPSA) is 105 Å². The zero-order chi connectivity index (χ0) is 23.2. The van der Waals surface area contributed by atoms with E-state index in [0.29, 0.717) is 24.5 Å². The van der Waals surface area contributed by atoms with Crippen LogP contribution in [0.5, 0.6) is 5.88 Å². The van der Waals surface area contributed by atoms with Crippen LogP contribution in [0.1, 0.15) is 52.4 Å². The number of aromatic nitrogens is 2. The van der Waals surface area contributed by atoms with E-state index in [1.54, 1.807) is 23.2 Å². The Bertz CT molecular complexity index is 1100. The monoisotopic (exact) mass is 452 g/mol. The molecular weight excluding hydrogens is 424 g/mol. The molecule has 1 amide bonds. The maximum Gasteiger partial charge on any atom is 0.338 e. The Labute approximate surface area is 192 Å². The van der Waals surface area contributed by atoms with E-state index in [1.807, 2.05) is 13.0 Å². The predicted molar refractivity (Wildman–Crippen MR) is 119 cm³/mol. The highest BCUT2D eigenvalue weighted by Gasteiger charge is 2.48. The van der Waals surface area contributed by atoms with Gasteiger partial charge in [-0.3, -0.25) is 4.79 Å². The van der Waals surface area contributed by atoms with E-state index < -0.39 is 6.10 Å². The van der Waals surface area contributed by atoms with Gasteiger partial charge in [0.1, 0.15) is 6.61 Å². The van der Waals surface area contributed by atoms with Crippen LogP contribution in [0.25, 0.3) is 0 Å². The number of aliphatic hydroxyl groups excluding tert-OH is 1. The highest BCUT2D eigenvalue weighted by molar-refractivity contribution is 6.00. The van der Waals surface area contributed by atoms with Crippen molar-refractivity contribution in [2.75, 3.05) is 38.2 Å². The quantitative estimate of drug-likeness (QED) is 0.687. The van der Waals surface area contributed by atoms with E-state index >= 15 is 0 Å². The normalized spacial score (nSPS) is 20.8. The van der Waals surface area contributed by atoms with Gasteiger partial charge in [-0.2, -0.15) is 5.10 Å². The summed E-state index contributed by atoms with van der Waals surface area (Å²) >= 11 is 0. The second-order valence-electron chi connectivity index (χ2n) is 9.14. The van der Waals surface area contributed by atoms with Crippen LogP contribution in [0.3, 0.4) is 0 Å². The van der Waals surface area contributed by atoms with Crippen molar-refractivity contribution in [3.8, 4) is 5.88 Å².